The molecule has 1 fully saturated rings. The highest BCUT2D eigenvalue weighted by Gasteiger charge is 2.29. The molecule has 1 saturated heterocycles. The lowest BCUT2D eigenvalue weighted by Crippen LogP contribution is -2.49. The average Bonchev–Trinajstić information content (AvgIpc) is 2.68. The lowest BCUT2D eigenvalue weighted by Gasteiger charge is -2.37. The minimum absolute atomic E-state index is 0.00677. The highest BCUT2D eigenvalue weighted by atomic mass is 16.5. The number of aryl methyl sites for hydroxylation is 1. The summed E-state index contributed by atoms with van der Waals surface area (Å²) < 4.78 is 5.50. The number of hydrogen-bond acceptors (Lipinski definition) is 3. The van der Waals surface area contributed by atoms with Gasteiger partial charge in [-0.15, -0.1) is 0 Å². The maximum absolute atomic E-state index is 13.0. The molecule has 1 amide bonds. The first-order valence-corrected chi connectivity index (χ1v) is 8.94. The summed E-state index contributed by atoms with van der Waals surface area (Å²) in [5.74, 6) is 1.00. The van der Waals surface area contributed by atoms with Gasteiger partial charge in [0.1, 0.15) is 5.75 Å². The Morgan fingerprint density at radius 1 is 1.16 bits per heavy atom. The van der Waals surface area contributed by atoms with E-state index in [1.807, 2.05) is 29.2 Å². The molecule has 0 aromatic heterocycles. The summed E-state index contributed by atoms with van der Waals surface area (Å²) >= 11 is 0. The summed E-state index contributed by atoms with van der Waals surface area (Å²) in [5, 5.41) is 3.40. The number of nitrogens with zero attached hydrogens (tertiary/aromatic N) is 1. The molecule has 0 saturated carbocycles. The van der Waals surface area contributed by atoms with Gasteiger partial charge in [-0.1, -0.05) is 49.4 Å². The molecule has 0 aliphatic carbocycles. The molecule has 132 valence electrons. The minimum Gasteiger partial charge on any atom is -0.496 e. The van der Waals surface area contributed by atoms with E-state index >= 15 is 0 Å². The van der Waals surface area contributed by atoms with Crippen molar-refractivity contribution >= 4 is 5.91 Å². The third-order valence-electron chi connectivity index (χ3n) is 4.85. The van der Waals surface area contributed by atoms with Crippen LogP contribution in [0.3, 0.4) is 0 Å². The summed E-state index contributed by atoms with van der Waals surface area (Å²) in [5.41, 5.74) is 3.43. The summed E-state index contributed by atoms with van der Waals surface area (Å²) in [4.78, 5) is 15.0. The van der Waals surface area contributed by atoms with E-state index in [9.17, 15) is 4.79 Å². The quantitative estimate of drug-likeness (QED) is 0.911. The van der Waals surface area contributed by atoms with Crippen LogP contribution in [0.15, 0.2) is 48.5 Å². The van der Waals surface area contributed by atoms with Crippen LogP contribution in [0.25, 0.3) is 0 Å². The van der Waals surface area contributed by atoms with Gasteiger partial charge in [0, 0.05) is 25.2 Å². The van der Waals surface area contributed by atoms with Gasteiger partial charge in [0.25, 0.3) is 0 Å². The Kier molecular flexibility index (Phi) is 5.71. The number of benzene rings is 2. The van der Waals surface area contributed by atoms with Crippen molar-refractivity contribution in [3.63, 3.8) is 0 Å². The van der Waals surface area contributed by atoms with Gasteiger partial charge in [-0.25, -0.2) is 0 Å². The number of para-hydroxylation sites is 1. The normalized spacial score (nSPS) is 17.4. The van der Waals surface area contributed by atoms with Crippen molar-refractivity contribution in [3.8, 4) is 5.75 Å². The first kappa shape index (κ1) is 17.5. The van der Waals surface area contributed by atoms with Crippen LogP contribution < -0.4 is 10.1 Å². The first-order valence-electron chi connectivity index (χ1n) is 8.94. The summed E-state index contributed by atoms with van der Waals surface area (Å²) in [6.45, 7) is 4.43. The molecule has 1 unspecified atom stereocenters. The van der Waals surface area contributed by atoms with Crippen LogP contribution in [-0.2, 0) is 17.6 Å². The standard InChI is InChI=1S/C21H26N2O2/c1-3-16-8-10-17(11-9-16)14-21(24)23-13-12-22-15-19(23)18-6-4-5-7-20(18)25-2/h4-11,19,22H,3,12-15H2,1-2H3. The van der Waals surface area contributed by atoms with Crippen LogP contribution in [0.2, 0.25) is 0 Å². The molecule has 3 rings (SSSR count). The predicted octanol–water partition coefficient (Wildman–Crippen LogP) is 2.97. The van der Waals surface area contributed by atoms with E-state index in [1.54, 1.807) is 7.11 Å². The molecule has 0 spiro atoms. The summed E-state index contributed by atoms with van der Waals surface area (Å²) in [6.07, 6.45) is 1.46. The van der Waals surface area contributed by atoms with E-state index in [0.29, 0.717) is 13.0 Å². The maximum Gasteiger partial charge on any atom is 0.227 e. The fourth-order valence-corrected chi connectivity index (χ4v) is 3.39. The van der Waals surface area contributed by atoms with Crippen LogP contribution in [0.1, 0.15) is 29.7 Å². The Morgan fingerprint density at radius 3 is 2.60 bits per heavy atom. The number of ether oxygens (including phenoxy) is 1. The second-order valence-electron chi connectivity index (χ2n) is 6.40. The molecule has 1 aliphatic rings. The van der Waals surface area contributed by atoms with Gasteiger partial charge >= 0.3 is 0 Å². The van der Waals surface area contributed by atoms with Crippen molar-refractivity contribution in [2.24, 2.45) is 0 Å². The smallest absolute Gasteiger partial charge is 0.227 e. The largest absolute Gasteiger partial charge is 0.496 e. The van der Waals surface area contributed by atoms with Gasteiger partial charge in [-0.3, -0.25) is 4.79 Å². The predicted molar refractivity (Wildman–Crippen MR) is 99.8 cm³/mol. The topological polar surface area (TPSA) is 41.6 Å². The zero-order valence-electron chi connectivity index (χ0n) is 15.0. The summed E-state index contributed by atoms with van der Waals surface area (Å²) in [6, 6.07) is 16.3. The number of rotatable bonds is 5. The number of piperazine rings is 1. The number of nitrogens with one attached hydrogen (secondary N) is 1. The van der Waals surface area contributed by atoms with Crippen molar-refractivity contribution in [2.75, 3.05) is 26.7 Å². The van der Waals surface area contributed by atoms with Crippen molar-refractivity contribution < 1.29 is 9.53 Å². The van der Waals surface area contributed by atoms with Crippen LogP contribution in [-0.4, -0.2) is 37.6 Å². The fourth-order valence-electron chi connectivity index (χ4n) is 3.39. The molecule has 1 heterocycles. The van der Waals surface area contributed by atoms with Gasteiger partial charge in [-0.05, 0) is 23.6 Å². The Hall–Kier alpha value is -2.33. The Morgan fingerprint density at radius 2 is 1.88 bits per heavy atom. The first-order chi connectivity index (χ1) is 12.2. The third-order valence-corrected chi connectivity index (χ3v) is 4.85. The molecule has 0 bridgehead atoms. The molecule has 1 atom stereocenters. The molecule has 1 N–H and O–H groups in total. The van der Waals surface area contributed by atoms with Gasteiger partial charge in [0.2, 0.25) is 5.91 Å². The molecular formula is C21H26N2O2. The van der Waals surface area contributed by atoms with E-state index in [1.165, 1.54) is 5.56 Å². The van der Waals surface area contributed by atoms with E-state index in [2.05, 4.69) is 36.5 Å². The molecular weight excluding hydrogens is 312 g/mol. The molecule has 2 aromatic rings. The van der Waals surface area contributed by atoms with Crippen LogP contribution in [0, 0.1) is 0 Å². The SMILES string of the molecule is CCc1ccc(CC(=O)N2CCNCC2c2ccccc2OC)cc1. The van der Waals surface area contributed by atoms with E-state index in [4.69, 9.17) is 4.74 Å². The van der Waals surface area contributed by atoms with Gasteiger partial charge in [-0.2, -0.15) is 0 Å². The van der Waals surface area contributed by atoms with E-state index < -0.39 is 0 Å². The van der Waals surface area contributed by atoms with Crippen molar-refractivity contribution in [2.45, 2.75) is 25.8 Å². The van der Waals surface area contributed by atoms with Crippen molar-refractivity contribution in [1.29, 1.82) is 0 Å². The second-order valence-corrected chi connectivity index (χ2v) is 6.40. The summed E-state index contributed by atoms with van der Waals surface area (Å²) in [7, 11) is 1.68. The lowest BCUT2D eigenvalue weighted by atomic mass is 10.0. The zero-order valence-corrected chi connectivity index (χ0v) is 15.0. The molecule has 4 heteroatoms. The second kappa shape index (κ2) is 8.17. The number of hydrogen-bond donors (Lipinski definition) is 1. The number of carbonyl (C=O) groups excluding carboxylic acids is 1. The van der Waals surface area contributed by atoms with Crippen LogP contribution in [0.4, 0.5) is 0 Å². The third kappa shape index (κ3) is 4.02. The molecule has 1 aliphatic heterocycles. The van der Waals surface area contributed by atoms with Gasteiger partial charge in [0.05, 0.1) is 19.6 Å². The van der Waals surface area contributed by atoms with E-state index in [0.717, 1.165) is 36.4 Å². The van der Waals surface area contributed by atoms with Crippen LogP contribution >= 0.6 is 0 Å². The van der Waals surface area contributed by atoms with Crippen molar-refractivity contribution in [1.82, 2.24) is 10.2 Å². The van der Waals surface area contributed by atoms with Gasteiger partial charge in [0.15, 0.2) is 0 Å². The zero-order chi connectivity index (χ0) is 17.6. The van der Waals surface area contributed by atoms with Crippen LogP contribution in [0.5, 0.6) is 5.75 Å². The highest BCUT2D eigenvalue weighted by Crippen LogP contribution is 2.30. The van der Waals surface area contributed by atoms with E-state index in [-0.39, 0.29) is 11.9 Å². The molecule has 25 heavy (non-hydrogen) atoms. The molecule has 2 aromatic carbocycles. The van der Waals surface area contributed by atoms with Crippen molar-refractivity contribution in [3.05, 3.63) is 65.2 Å². The Balaban J connectivity index is 1.78. The minimum atomic E-state index is 0.00677. The molecule has 0 radical (unpaired) electrons. The number of amides is 1. The number of methoxy groups -OCH3 is 1. The molecule has 4 nitrogen and oxygen atoms in total. The lowest BCUT2D eigenvalue weighted by molar-refractivity contribution is -0.133. The average molecular weight is 338 g/mol. The highest BCUT2D eigenvalue weighted by molar-refractivity contribution is 5.79. The number of carbonyl (C=O) groups is 1. The van der Waals surface area contributed by atoms with Gasteiger partial charge < -0.3 is 15.0 Å². The Bertz CT molecular complexity index is 712. The monoisotopic (exact) mass is 338 g/mol. The Labute approximate surface area is 149 Å². The maximum atomic E-state index is 13.0. The fraction of sp³-hybridized carbons (Fsp3) is 0.381.